The van der Waals surface area contributed by atoms with Crippen molar-refractivity contribution in [2.75, 3.05) is 31.6 Å². The fourth-order valence-corrected chi connectivity index (χ4v) is 14.4. The summed E-state index contributed by atoms with van der Waals surface area (Å²) in [6, 6.07) is 5.17. The smallest absolute Gasteiger partial charge is 0.319 e. The molecule has 2 aromatic heterocycles. The van der Waals surface area contributed by atoms with Gasteiger partial charge in [0.05, 0.1) is 22.5 Å². The molecule has 1 N–H and O–H groups in total. The summed E-state index contributed by atoms with van der Waals surface area (Å²) in [4.78, 5) is 17.4. The van der Waals surface area contributed by atoms with Gasteiger partial charge in [-0.3, -0.25) is 9.88 Å². The summed E-state index contributed by atoms with van der Waals surface area (Å²) in [6.45, 7) is 14.3. The Kier molecular flexibility index (Phi) is 9.43. The van der Waals surface area contributed by atoms with Gasteiger partial charge in [-0.25, -0.2) is 17.6 Å². The Morgan fingerprint density at radius 1 is 1.08 bits per heavy atom. The molecule has 52 heavy (non-hydrogen) atoms. The van der Waals surface area contributed by atoms with Gasteiger partial charge >= 0.3 is 6.01 Å². The second-order valence-corrected chi connectivity index (χ2v) is 21.5. The lowest BCUT2D eigenvalue weighted by Gasteiger charge is -2.38. The standard InChI is InChI=1S/C40H47F4N5O2Si/c1-22(2)52(23(3)4,24(5)6)14-11-28-31(42)10-9-25-15-27(50)16-29(34(25)28)36-35(44)37-30(19-45-36)38(48(7)33-17-32(33)43)47-39(46-37)51-21-40-12-8-13-49(40)20-26(41)18-40/h9-10,15-16,19,22-24,26,32-33,50H,8,12-13,17-18,20-21H2,1-7H3/t26-,32-,33+,40+/m1/s1. The van der Waals surface area contributed by atoms with Crippen molar-refractivity contribution < 1.29 is 27.4 Å². The van der Waals surface area contributed by atoms with Crippen molar-refractivity contribution in [1.29, 1.82) is 0 Å². The highest BCUT2D eigenvalue weighted by Gasteiger charge is 2.49. The van der Waals surface area contributed by atoms with Gasteiger partial charge in [0.2, 0.25) is 0 Å². The van der Waals surface area contributed by atoms with E-state index >= 15 is 8.78 Å². The third kappa shape index (κ3) is 6.07. The minimum atomic E-state index is -2.29. The van der Waals surface area contributed by atoms with Gasteiger partial charge in [-0.15, -0.1) is 5.54 Å². The maximum absolute atomic E-state index is 17.1. The predicted octanol–water partition coefficient (Wildman–Crippen LogP) is 8.90. The van der Waals surface area contributed by atoms with Crippen molar-refractivity contribution in [2.45, 2.75) is 108 Å². The number of aromatic nitrogens is 3. The van der Waals surface area contributed by atoms with E-state index in [9.17, 15) is 13.9 Å². The number of phenols is 1. The molecule has 4 heterocycles. The molecule has 2 saturated heterocycles. The molecule has 4 aromatic rings. The van der Waals surface area contributed by atoms with Crippen LogP contribution in [-0.4, -0.2) is 83.7 Å². The van der Waals surface area contributed by atoms with Crippen LogP contribution in [0.5, 0.6) is 11.8 Å². The highest BCUT2D eigenvalue weighted by molar-refractivity contribution is 6.90. The third-order valence-electron chi connectivity index (χ3n) is 12.0. The first-order valence-corrected chi connectivity index (χ1v) is 20.6. The molecule has 2 aliphatic heterocycles. The molecule has 3 aliphatic rings. The summed E-state index contributed by atoms with van der Waals surface area (Å²) < 4.78 is 68.0. The van der Waals surface area contributed by atoms with Crippen LogP contribution in [0, 0.1) is 23.1 Å². The van der Waals surface area contributed by atoms with E-state index in [4.69, 9.17) is 4.74 Å². The van der Waals surface area contributed by atoms with Gasteiger partial charge in [0.1, 0.15) is 55.6 Å². The number of phenolic OH excluding ortho intramolecular Hbond substituents is 1. The topological polar surface area (TPSA) is 74.6 Å². The molecule has 0 radical (unpaired) electrons. The highest BCUT2D eigenvalue weighted by Crippen LogP contribution is 2.44. The zero-order valence-electron chi connectivity index (χ0n) is 30.9. The van der Waals surface area contributed by atoms with Gasteiger partial charge in [0, 0.05) is 43.6 Å². The fraction of sp³-hybridized carbons (Fsp3) is 0.525. The number of ether oxygens (including phenoxy) is 1. The average molecular weight is 734 g/mol. The SMILES string of the molecule is CC(C)[Si](C#Cc1c(F)ccc2cc(O)cc(-c3ncc4c(N(C)[C@H]5C[C@H]5F)nc(OC[C@@]56CCCN5C[C@H](F)C6)nc4c3F)c12)(C(C)C)C(C)C. The van der Waals surface area contributed by atoms with Gasteiger partial charge in [-0.2, -0.15) is 9.97 Å². The van der Waals surface area contributed by atoms with Crippen molar-refractivity contribution in [2.24, 2.45) is 0 Å². The minimum absolute atomic E-state index is 0.110. The lowest BCUT2D eigenvalue weighted by atomic mass is 9.95. The highest BCUT2D eigenvalue weighted by atomic mass is 28.3. The van der Waals surface area contributed by atoms with Gasteiger partial charge in [-0.1, -0.05) is 53.5 Å². The van der Waals surface area contributed by atoms with Crippen molar-refractivity contribution in [3.63, 3.8) is 0 Å². The van der Waals surface area contributed by atoms with Crippen LogP contribution in [0.2, 0.25) is 16.6 Å². The number of fused-ring (bicyclic) bond motifs is 3. The largest absolute Gasteiger partial charge is 0.508 e. The number of pyridine rings is 1. The lowest BCUT2D eigenvalue weighted by Crippen LogP contribution is -2.43. The second kappa shape index (κ2) is 13.5. The number of hydrogen-bond acceptors (Lipinski definition) is 7. The number of hydrogen-bond donors (Lipinski definition) is 1. The molecule has 7 nitrogen and oxygen atoms in total. The van der Waals surface area contributed by atoms with Gasteiger partial charge in [0.15, 0.2) is 5.82 Å². The number of alkyl halides is 2. The molecule has 0 amide bonds. The molecule has 12 heteroatoms. The molecular weight excluding hydrogens is 687 g/mol. The van der Waals surface area contributed by atoms with E-state index in [-0.39, 0.29) is 51.9 Å². The number of rotatable bonds is 9. The van der Waals surface area contributed by atoms with E-state index in [1.807, 2.05) is 0 Å². The van der Waals surface area contributed by atoms with Crippen LogP contribution in [0.3, 0.4) is 0 Å². The first-order chi connectivity index (χ1) is 24.7. The van der Waals surface area contributed by atoms with Crippen LogP contribution in [0.4, 0.5) is 23.4 Å². The molecule has 7 rings (SSSR count). The Morgan fingerprint density at radius 2 is 1.79 bits per heavy atom. The van der Waals surface area contributed by atoms with E-state index in [1.165, 1.54) is 30.5 Å². The van der Waals surface area contributed by atoms with E-state index in [0.717, 1.165) is 19.4 Å². The minimum Gasteiger partial charge on any atom is -0.508 e. The first kappa shape index (κ1) is 36.4. The van der Waals surface area contributed by atoms with Crippen LogP contribution >= 0.6 is 0 Å². The van der Waals surface area contributed by atoms with E-state index in [0.29, 0.717) is 46.8 Å². The summed E-state index contributed by atoms with van der Waals surface area (Å²) in [5, 5.41) is 11.9. The van der Waals surface area contributed by atoms with E-state index in [1.54, 1.807) is 11.9 Å². The Balaban J connectivity index is 1.40. The van der Waals surface area contributed by atoms with Crippen molar-refractivity contribution in [1.82, 2.24) is 19.9 Å². The molecule has 276 valence electrons. The maximum Gasteiger partial charge on any atom is 0.319 e. The van der Waals surface area contributed by atoms with Crippen LogP contribution in [0.15, 0.2) is 30.5 Å². The molecule has 0 spiro atoms. The van der Waals surface area contributed by atoms with Crippen molar-refractivity contribution in [3.8, 4) is 34.5 Å². The number of nitrogens with zero attached hydrogens (tertiary/aromatic N) is 5. The molecule has 4 atom stereocenters. The van der Waals surface area contributed by atoms with E-state index in [2.05, 4.69) is 72.9 Å². The maximum atomic E-state index is 17.1. The third-order valence-corrected chi connectivity index (χ3v) is 18.3. The quantitative estimate of drug-likeness (QED) is 0.105. The Labute approximate surface area is 303 Å². The molecule has 1 saturated carbocycles. The normalized spacial score (nSPS) is 23.2. The second-order valence-electron chi connectivity index (χ2n) is 16.0. The predicted molar refractivity (Wildman–Crippen MR) is 200 cm³/mol. The van der Waals surface area contributed by atoms with Crippen molar-refractivity contribution >= 4 is 35.6 Å². The summed E-state index contributed by atoms with van der Waals surface area (Å²) in [5.74, 6) is 1.96. The molecule has 0 bridgehead atoms. The number of halogens is 4. The van der Waals surface area contributed by atoms with Gasteiger partial charge in [-0.05, 0) is 59.6 Å². The molecule has 2 aromatic carbocycles. The van der Waals surface area contributed by atoms with Crippen LogP contribution in [0.25, 0.3) is 32.9 Å². The van der Waals surface area contributed by atoms with Crippen LogP contribution < -0.4 is 9.64 Å². The van der Waals surface area contributed by atoms with Crippen LogP contribution in [-0.2, 0) is 0 Å². The van der Waals surface area contributed by atoms with Crippen LogP contribution in [0.1, 0.15) is 72.8 Å². The molecular formula is C40H47F4N5O2Si. The zero-order valence-corrected chi connectivity index (χ0v) is 31.9. The lowest BCUT2D eigenvalue weighted by molar-refractivity contribution is 0.107. The monoisotopic (exact) mass is 733 g/mol. The van der Waals surface area contributed by atoms with E-state index < -0.39 is 43.6 Å². The summed E-state index contributed by atoms with van der Waals surface area (Å²) >= 11 is 0. The Morgan fingerprint density at radius 3 is 2.46 bits per heavy atom. The Bertz CT molecular complexity index is 2080. The summed E-state index contributed by atoms with van der Waals surface area (Å²) in [6.07, 6.45) is 1.75. The van der Waals surface area contributed by atoms with Gasteiger partial charge < -0.3 is 14.7 Å². The number of benzene rings is 2. The summed E-state index contributed by atoms with van der Waals surface area (Å²) in [7, 11) is -0.602. The number of anilines is 1. The average Bonchev–Trinajstić information content (AvgIpc) is 3.56. The fourth-order valence-electron chi connectivity index (χ4n) is 9.24. The summed E-state index contributed by atoms with van der Waals surface area (Å²) in [5.41, 5.74) is 4.01. The first-order valence-electron chi connectivity index (χ1n) is 18.4. The van der Waals surface area contributed by atoms with Gasteiger partial charge in [0.25, 0.3) is 0 Å². The number of aromatic hydroxyl groups is 1. The molecule has 3 fully saturated rings. The molecule has 0 unspecified atom stereocenters. The molecule has 1 aliphatic carbocycles. The zero-order chi connectivity index (χ0) is 37.3. The Hall–Kier alpha value is -3.95. The van der Waals surface area contributed by atoms with Crippen molar-refractivity contribution in [3.05, 3.63) is 47.7 Å².